The summed E-state index contributed by atoms with van der Waals surface area (Å²) in [5.41, 5.74) is 0.0506. The van der Waals surface area contributed by atoms with Crippen LogP contribution in [0, 0.1) is 12.8 Å². The summed E-state index contributed by atoms with van der Waals surface area (Å²) in [5.74, 6) is -1.82. The first-order chi connectivity index (χ1) is 18.8. The van der Waals surface area contributed by atoms with Gasteiger partial charge >= 0.3 is 12.1 Å². The minimum atomic E-state index is -1.20. The molecule has 0 aliphatic heterocycles. The van der Waals surface area contributed by atoms with Crippen molar-refractivity contribution in [2.24, 2.45) is 5.92 Å². The van der Waals surface area contributed by atoms with Gasteiger partial charge in [-0.05, 0) is 52.5 Å². The summed E-state index contributed by atoms with van der Waals surface area (Å²) in [5, 5.41) is 16.5. The minimum Gasteiger partial charge on any atom is -0.507 e. The molecule has 1 aromatic rings. The van der Waals surface area contributed by atoms with Crippen LogP contribution in [0.5, 0.6) is 5.75 Å². The summed E-state index contributed by atoms with van der Waals surface area (Å²) < 4.78 is 10.4. The number of aryl methyl sites for hydroxylation is 1. The topological polar surface area (TPSA) is 134 Å². The van der Waals surface area contributed by atoms with E-state index in [4.69, 9.17) is 9.47 Å². The van der Waals surface area contributed by atoms with Crippen molar-refractivity contribution in [3.63, 3.8) is 0 Å². The fourth-order valence-corrected chi connectivity index (χ4v) is 4.17. The van der Waals surface area contributed by atoms with Gasteiger partial charge < -0.3 is 30.1 Å². The minimum absolute atomic E-state index is 0.00266. The molecule has 0 bridgehead atoms. The molecule has 1 aromatic carbocycles. The maximum Gasteiger partial charge on any atom is 0.408 e. The Hall–Kier alpha value is -3.30. The molecule has 3 N–H and O–H groups in total. The number of nitrogens with one attached hydrogen (secondary N) is 2. The van der Waals surface area contributed by atoms with Crippen molar-refractivity contribution >= 4 is 23.9 Å². The number of hydrogen-bond donors (Lipinski definition) is 3. The second kappa shape index (κ2) is 16.7. The van der Waals surface area contributed by atoms with Gasteiger partial charge in [-0.3, -0.25) is 14.4 Å². The normalized spacial score (nSPS) is 13.5. The van der Waals surface area contributed by atoms with E-state index in [0.29, 0.717) is 18.4 Å². The van der Waals surface area contributed by atoms with Gasteiger partial charge in [0.2, 0.25) is 11.8 Å². The Bertz CT molecular complexity index is 990. The van der Waals surface area contributed by atoms with Crippen molar-refractivity contribution in [3.05, 3.63) is 29.3 Å². The zero-order valence-electron chi connectivity index (χ0n) is 25.5. The van der Waals surface area contributed by atoms with Crippen LogP contribution in [0.2, 0.25) is 0 Å². The van der Waals surface area contributed by atoms with Crippen molar-refractivity contribution in [2.75, 3.05) is 19.7 Å². The summed E-state index contributed by atoms with van der Waals surface area (Å²) in [6.45, 7) is 14.9. The molecule has 0 aromatic heterocycles. The van der Waals surface area contributed by atoms with Gasteiger partial charge in [-0.15, -0.1) is 0 Å². The summed E-state index contributed by atoms with van der Waals surface area (Å²) >= 11 is 0. The largest absolute Gasteiger partial charge is 0.507 e. The van der Waals surface area contributed by atoms with Crippen LogP contribution >= 0.6 is 0 Å². The third-order valence-corrected chi connectivity index (χ3v) is 6.49. The Morgan fingerprint density at radius 2 is 1.75 bits per heavy atom. The quantitative estimate of drug-likeness (QED) is 0.207. The van der Waals surface area contributed by atoms with Crippen LogP contribution in [0.4, 0.5) is 4.79 Å². The molecule has 0 aliphatic carbocycles. The Morgan fingerprint density at radius 3 is 2.33 bits per heavy atom. The van der Waals surface area contributed by atoms with Gasteiger partial charge in [0, 0.05) is 18.7 Å². The zero-order chi connectivity index (χ0) is 30.5. The van der Waals surface area contributed by atoms with Gasteiger partial charge in [0.25, 0.3) is 0 Å². The van der Waals surface area contributed by atoms with Gasteiger partial charge in [-0.2, -0.15) is 0 Å². The molecule has 0 heterocycles. The van der Waals surface area contributed by atoms with Crippen LogP contribution in [-0.2, 0) is 23.9 Å². The molecule has 0 spiro atoms. The molecule has 226 valence electrons. The Labute approximate surface area is 239 Å². The highest BCUT2D eigenvalue weighted by molar-refractivity contribution is 5.93. The van der Waals surface area contributed by atoms with Gasteiger partial charge in [0.15, 0.2) is 0 Å². The number of carbonyl (C=O) groups is 4. The zero-order valence-corrected chi connectivity index (χ0v) is 25.5. The van der Waals surface area contributed by atoms with Crippen molar-refractivity contribution in [1.29, 1.82) is 0 Å². The molecule has 0 aliphatic rings. The number of benzene rings is 1. The van der Waals surface area contributed by atoms with Gasteiger partial charge in [0.05, 0.1) is 13.0 Å². The highest BCUT2D eigenvalue weighted by Gasteiger charge is 2.39. The number of phenols is 1. The molecule has 3 amide bonds. The van der Waals surface area contributed by atoms with E-state index in [1.165, 1.54) is 4.90 Å². The first kappa shape index (κ1) is 34.7. The van der Waals surface area contributed by atoms with E-state index >= 15 is 0 Å². The third kappa shape index (κ3) is 11.1. The van der Waals surface area contributed by atoms with E-state index in [0.717, 1.165) is 12.8 Å². The van der Waals surface area contributed by atoms with Gasteiger partial charge in [0.1, 0.15) is 23.4 Å². The molecule has 40 heavy (non-hydrogen) atoms. The lowest BCUT2D eigenvalue weighted by Crippen LogP contribution is -2.55. The number of phenolic OH excluding ortho intramolecular Hbond substituents is 1. The molecular formula is C30H49N3O7. The second-order valence-corrected chi connectivity index (χ2v) is 11.0. The predicted molar refractivity (Wildman–Crippen MR) is 154 cm³/mol. The highest BCUT2D eigenvalue weighted by Crippen LogP contribution is 2.33. The molecule has 1 rings (SSSR count). The van der Waals surface area contributed by atoms with Gasteiger partial charge in [-0.25, -0.2) is 4.79 Å². The SMILES string of the molecule is CCCCCN(C(=O)C(NC(=O)OC(C)(C)C)C(C)CC)C(C(=O)NCCC(=O)OCC)c1cccc(C)c1O. The van der Waals surface area contributed by atoms with Crippen molar-refractivity contribution in [3.8, 4) is 5.75 Å². The van der Waals surface area contributed by atoms with E-state index in [-0.39, 0.29) is 43.3 Å². The van der Waals surface area contributed by atoms with Gasteiger partial charge in [-0.1, -0.05) is 58.2 Å². The fraction of sp³-hybridized carbons (Fsp3) is 0.667. The molecule has 10 nitrogen and oxygen atoms in total. The summed E-state index contributed by atoms with van der Waals surface area (Å²) in [4.78, 5) is 54.0. The van der Waals surface area contributed by atoms with Crippen molar-refractivity contribution in [1.82, 2.24) is 15.5 Å². The number of carbonyl (C=O) groups excluding carboxylic acids is 4. The molecule has 0 saturated heterocycles. The first-order valence-electron chi connectivity index (χ1n) is 14.3. The Kier molecular flexibility index (Phi) is 14.5. The maximum absolute atomic E-state index is 14.2. The molecule has 0 fully saturated rings. The lowest BCUT2D eigenvalue weighted by Gasteiger charge is -2.36. The number of aromatic hydroxyl groups is 1. The molecular weight excluding hydrogens is 514 g/mol. The standard InChI is InChI=1S/C30H49N3O7/c1-9-12-13-19-33(28(37)24(20(4)10-2)32-29(38)40-30(6,7)8)25(22-16-14-15-21(5)26(22)35)27(36)31-18-17-23(34)39-11-3/h14-16,20,24-25,35H,9-13,17-19H2,1-8H3,(H,31,36)(H,32,38). The molecule has 3 unspecified atom stereocenters. The predicted octanol–water partition coefficient (Wildman–Crippen LogP) is 4.77. The monoisotopic (exact) mass is 563 g/mol. The molecule has 0 saturated carbocycles. The van der Waals surface area contributed by atoms with E-state index in [2.05, 4.69) is 10.6 Å². The summed E-state index contributed by atoms with van der Waals surface area (Å²) in [6.07, 6.45) is 2.13. The van der Waals surface area contributed by atoms with Crippen LogP contribution < -0.4 is 10.6 Å². The van der Waals surface area contributed by atoms with Crippen LogP contribution in [0.1, 0.15) is 97.7 Å². The highest BCUT2D eigenvalue weighted by atomic mass is 16.6. The number of unbranched alkanes of at least 4 members (excludes halogenated alkanes) is 2. The van der Waals surface area contributed by atoms with E-state index in [1.54, 1.807) is 52.8 Å². The Morgan fingerprint density at radius 1 is 1.07 bits per heavy atom. The third-order valence-electron chi connectivity index (χ3n) is 6.49. The summed E-state index contributed by atoms with van der Waals surface area (Å²) in [6, 6.07) is 2.87. The molecule has 10 heteroatoms. The van der Waals surface area contributed by atoms with Crippen LogP contribution in [0.15, 0.2) is 18.2 Å². The smallest absolute Gasteiger partial charge is 0.408 e. The first-order valence-corrected chi connectivity index (χ1v) is 14.3. The fourth-order valence-electron chi connectivity index (χ4n) is 4.17. The van der Waals surface area contributed by atoms with Crippen molar-refractivity contribution < 1.29 is 33.8 Å². The van der Waals surface area contributed by atoms with E-state index < -0.39 is 41.6 Å². The second-order valence-electron chi connectivity index (χ2n) is 11.0. The van der Waals surface area contributed by atoms with Crippen LogP contribution in [0.25, 0.3) is 0 Å². The number of esters is 1. The van der Waals surface area contributed by atoms with Crippen LogP contribution in [0.3, 0.4) is 0 Å². The number of rotatable bonds is 15. The maximum atomic E-state index is 14.2. The average Bonchev–Trinajstić information content (AvgIpc) is 2.87. The Balaban J connectivity index is 3.54. The number of amides is 3. The van der Waals surface area contributed by atoms with E-state index in [1.807, 2.05) is 20.8 Å². The number of ether oxygens (including phenoxy) is 2. The van der Waals surface area contributed by atoms with E-state index in [9.17, 15) is 24.3 Å². The van der Waals surface area contributed by atoms with Crippen LogP contribution in [-0.4, -0.2) is 65.2 Å². The number of nitrogens with zero attached hydrogens (tertiary/aromatic N) is 1. The number of alkyl carbamates (subject to hydrolysis) is 1. The molecule has 3 atom stereocenters. The number of para-hydroxylation sites is 1. The van der Waals surface area contributed by atoms with Crippen molar-refractivity contribution in [2.45, 2.75) is 105 Å². The lowest BCUT2D eigenvalue weighted by atomic mass is 9.94. The lowest BCUT2D eigenvalue weighted by molar-refractivity contribution is -0.145. The number of hydrogen-bond acceptors (Lipinski definition) is 7. The summed E-state index contributed by atoms with van der Waals surface area (Å²) in [7, 11) is 0. The average molecular weight is 564 g/mol. The molecule has 0 radical (unpaired) electrons.